The van der Waals surface area contributed by atoms with Crippen LogP contribution in [0.2, 0.25) is 0 Å². The lowest BCUT2D eigenvalue weighted by Gasteiger charge is -2.20. The quantitative estimate of drug-likeness (QED) is 0.668. The van der Waals surface area contributed by atoms with Crippen molar-refractivity contribution in [3.63, 3.8) is 0 Å². The molecule has 5 heteroatoms. The monoisotopic (exact) mass is 184 g/mol. The zero-order valence-corrected chi connectivity index (χ0v) is 6.64. The summed E-state index contributed by atoms with van der Waals surface area (Å²) in [6.45, 7) is 1.70. The van der Waals surface area contributed by atoms with E-state index in [2.05, 4.69) is 0 Å². The van der Waals surface area contributed by atoms with Gasteiger partial charge in [0.2, 0.25) is 0 Å². The molecule has 1 N–H and O–H groups in total. The molecule has 0 aliphatic carbocycles. The van der Waals surface area contributed by atoms with E-state index in [9.17, 15) is 13.2 Å². The number of hydrogen-bond donors (Lipinski definition) is 1. The summed E-state index contributed by atoms with van der Waals surface area (Å²) in [5.41, 5.74) is 0. The molecule has 0 radical (unpaired) electrons. The smallest absolute Gasteiger partial charge is 0.381 e. The van der Waals surface area contributed by atoms with Gasteiger partial charge in [-0.2, -0.15) is 13.2 Å². The molecule has 1 saturated heterocycles. The molecule has 0 amide bonds. The Morgan fingerprint density at radius 2 is 2.00 bits per heavy atom. The Morgan fingerprint density at radius 1 is 1.42 bits per heavy atom. The van der Waals surface area contributed by atoms with Crippen molar-refractivity contribution in [3.05, 3.63) is 0 Å². The molecule has 0 aromatic rings. The largest absolute Gasteiger partial charge is 0.416 e. The lowest BCUT2D eigenvalue weighted by molar-refractivity contribution is -0.233. The van der Waals surface area contributed by atoms with Crippen LogP contribution in [0.4, 0.5) is 13.2 Å². The molecule has 3 atom stereocenters. The number of aliphatic hydroxyl groups excluding tert-OH is 1. The fourth-order valence-corrected chi connectivity index (χ4v) is 1.28. The van der Waals surface area contributed by atoms with Gasteiger partial charge in [0, 0.05) is 0 Å². The zero-order valence-electron chi connectivity index (χ0n) is 6.64. The highest BCUT2D eigenvalue weighted by Crippen LogP contribution is 2.30. The van der Waals surface area contributed by atoms with E-state index in [0.29, 0.717) is 6.42 Å². The van der Waals surface area contributed by atoms with Gasteiger partial charge in [0.1, 0.15) is 0 Å². The number of aliphatic hydroxyl groups is 1. The second-order valence-corrected chi connectivity index (χ2v) is 3.05. The standard InChI is InChI=1S/C7H11F3O2/c1-4-2-3-5(12-4)6(11)7(8,9)10/h4-6,11H,2-3H2,1H3/t4-,5-,6?/m0/s1. The second kappa shape index (κ2) is 3.22. The summed E-state index contributed by atoms with van der Waals surface area (Å²) in [4.78, 5) is 0. The van der Waals surface area contributed by atoms with Crippen molar-refractivity contribution in [1.82, 2.24) is 0 Å². The highest BCUT2D eigenvalue weighted by atomic mass is 19.4. The van der Waals surface area contributed by atoms with Crippen LogP contribution in [0.15, 0.2) is 0 Å². The third kappa shape index (κ3) is 2.10. The van der Waals surface area contributed by atoms with Gasteiger partial charge in [-0.3, -0.25) is 0 Å². The van der Waals surface area contributed by atoms with E-state index in [4.69, 9.17) is 9.84 Å². The molecule has 72 valence electrons. The van der Waals surface area contributed by atoms with Gasteiger partial charge < -0.3 is 9.84 Å². The Labute approximate surface area is 68.3 Å². The molecule has 1 fully saturated rings. The summed E-state index contributed by atoms with van der Waals surface area (Å²) in [5, 5.41) is 8.75. The van der Waals surface area contributed by atoms with E-state index in [1.807, 2.05) is 0 Å². The SMILES string of the molecule is C[C@H]1CC[C@@H](C(O)C(F)(F)F)O1. The molecule has 1 unspecified atom stereocenters. The lowest BCUT2D eigenvalue weighted by atomic mass is 10.1. The minimum absolute atomic E-state index is 0.174. The summed E-state index contributed by atoms with van der Waals surface area (Å²) in [6, 6.07) is 0. The van der Waals surface area contributed by atoms with Crippen LogP contribution in [0.3, 0.4) is 0 Å². The molecule has 0 aromatic heterocycles. The van der Waals surface area contributed by atoms with Gasteiger partial charge in [-0.15, -0.1) is 0 Å². The van der Waals surface area contributed by atoms with Crippen LogP contribution >= 0.6 is 0 Å². The number of ether oxygens (including phenoxy) is 1. The molecule has 12 heavy (non-hydrogen) atoms. The average Bonchev–Trinajstić information content (AvgIpc) is 2.32. The van der Waals surface area contributed by atoms with Crippen LogP contribution in [0.25, 0.3) is 0 Å². The summed E-state index contributed by atoms with van der Waals surface area (Å²) in [5.74, 6) is 0. The van der Waals surface area contributed by atoms with Crippen LogP contribution in [0.5, 0.6) is 0 Å². The fourth-order valence-electron chi connectivity index (χ4n) is 1.28. The molecule has 0 saturated carbocycles. The summed E-state index contributed by atoms with van der Waals surface area (Å²) >= 11 is 0. The van der Waals surface area contributed by atoms with Crippen molar-refractivity contribution >= 4 is 0 Å². The first-order valence-corrected chi connectivity index (χ1v) is 3.81. The van der Waals surface area contributed by atoms with Crippen molar-refractivity contribution in [3.8, 4) is 0 Å². The van der Waals surface area contributed by atoms with E-state index in [-0.39, 0.29) is 12.5 Å². The van der Waals surface area contributed by atoms with Gasteiger partial charge in [-0.05, 0) is 19.8 Å². The number of hydrogen-bond acceptors (Lipinski definition) is 2. The Balaban J connectivity index is 2.48. The van der Waals surface area contributed by atoms with E-state index in [1.165, 1.54) is 0 Å². The van der Waals surface area contributed by atoms with E-state index in [0.717, 1.165) is 0 Å². The first-order valence-electron chi connectivity index (χ1n) is 3.81. The van der Waals surface area contributed by atoms with Crippen molar-refractivity contribution in [1.29, 1.82) is 0 Å². The van der Waals surface area contributed by atoms with Crippen molar-refractivity contribution in [2.45, 2.75) is 44.3 Å². The normalized spacial score (nSPS) is 33.8. The third-order valence-electron chi connectivity index (χ3n) is 1.95. The average molecular weight is 184 g/mol. The predicted molar refractivity (Wildman–Crippen MR) is 35.6 cm³/mol. The topological polar surface area (TPSA) is 29.5 Å². The van der Waals surface area contributed by atoms with Gasteiger partial charge in [0.15, 0.2) is 6.10 Å². The predicted octanol–water partition coefficient (Wildman–Crippen LogP) is 1.48. The molecular weight excluding hydrogens is 173 g/mol. The maximum atomic E-state index is 11.9. The summed E-state index contributed by atoms with van der Waals surface area (Å²) in [7, 11) is 0. The minimum Gasteiger partial charge on any atom is -0.381 e. The molecular formula is C7H11F3O2. The highest BCUT2D eigenvalue weighted by molar-refractivity contribution is 4.81. The maximum absolute atomic E-state index is 11.9. The molecule has 0 spiro atoms. The van der Waals surface area contributed by atoms with Gasteiger partial charge in [0.25, 0.3) is 0 Å². The van der Waals surface area contributed by atoms with Crippen molar-refractivity contribution < 1.29 is 23.0 Å². The van der Waals surface area contributed by atoms with Crippen LogP contribution in [-0.4, -0.2) is 29.6 Å². The second-order valence-electron chi connectivity index (χ2n) is 3.05. The molecule has 1 heterocycles. The van der Waals surface area contributed by atoms with Crippen molar-refractivity contribution in [2.24, 2.45) is 0 Å². The molecule has 1 rings (SSSR count). The summed E-state index contributed by atoms with van der Waals surface area (Å²) < 4.78 is 40.6. The van der Waals surface area contributed by atoms with E-state index < -0.39 is 18.4 Å². The van der Waals surface area contributed by atoms with Gasteiger partial charge >= 0.3 is 6.18 Å². The van der Waals surface area contributed by atoms with Gasteiger partial charge in [-0.1, -0.05) is 0 Å². The molecule has 1 aliphatic rings. The number of alkyl halides is 3. The first kappa shape index (κ1) is 9.80. The first-order chi connectivity index (χ1) is 5.41. The van der Waals surface area contributed by atoms with E-state index >= 15 is 0 Å². The molecule has 1 aliphatic heterocycles. The summed E-state index contributed by atoms with van der Waals surface area (Å²) in [6.07, 6.45) is -7.27. The van der Waals surface area contributed by atoms with Crippen LogP contribution in [0, 0.1) is 0 Å². The maximum Gasteiger partial charge on any atom is 0.416 e. The van der Waals surface area contributed by atoms with Crippen LogP contribution < -0.4 is 0 Å². The van der Waals surface area contributed by atoms with Crippen LogP contribution in [-0.2, 0) is 4.74 Å². The Kier molecular flexibility index (Phi) is 2.63. The van der Waals surface area contributed by atoms with Crippen molar-refractivity contribution in [2.75, 3.05) is 0 Å². The van der Waals surface area contributed by atoms with Gasteiger partial charge in [0.05, 0.1) is 12.2 Å². The Hall–Kier alpha value is -0.290. The molecule has 0 aromatic carbocycles. The van der Waals surface area contributed by atoms with Gasteiger partial charge in [-0.25, -0.2) is 0 Å². The number of rotatable bonds is 1. The third-order valence-corrected chi connectivity index (χ3v) is 1.95. The van der Waals surface area contributed by atoms with Crippen LogP contribution in [0.1, 0.15) is 19.8 Å². The fraction of sp³-hybridized carbons (Fsp3) is 1.00. The highest BCUT2D eigenvalue weighted by Gasteiger charge is 2.46. The zero-order chi connectivity index (χ0) is 9.35. The number of halogens is 3. The Bertz CT molecular complexity index is 157. The molecule has 2 nitrogen and oxygen atoms in total. The van der Waals surface area contributed by atoms with E-state index in [1.54, 1.807) is 6.92 Å². The molecule has 0 bridgehead atoms. The minimum atomic E-state index is -4.56. The Morgan fingerprint density at radius 3 is 2.33 bits per heavy atom. The lowest BCUT2D eigenvalue weighted by Crippen LogP contribution is -2.39.